The summed E-state index contributed by atoms with van der Waals surface area (Å²) < 4.78 is 100. The third kappa shape index (κ3) is 5.40. The van der Waals surface area contributed by atoms with E-state index in [1.54, 1.807) is 36.4 Å². The van der Waals surface area contributed by atoms with Gasteiger partial charge in [-0.1, -0.05) is 48.5 Å². The number of carbonyl (C=O) groups is 1. The Morgan fingerprint density at radius 2 is 1.05 bits per heavy atom. The zero-order valence-corrected chi connectivity index (χ0v) is 18.9. The quantitative estimate of drug-likeness (QED) is 0.115. The summed E-state index contributed by atoms with van der Waals surface area (Å²) in [6.07, 6.45) is 0. The van der Waals surface area contributed by atoms with Crippen LogP contribution in [-0.2, 0) is 0 Å². The van der Waals surface area contributed by atoms with Gasteiger partial charge in [0.25, 0.3) is 0 Å². The second kappa shape index (κ2) is 10.3. The molecule has 4 aromatic carbocycles. The van der Waals surface area contributed by atoms with Crippen molar-refractivity contribution in [2.45, 2.75) is 6.92 Å². The molecule has 2 nitrogen and oxygen atoms in total. The summed E-state index contributed by atoms with van der Waals surface area (Å²) in [5.41, 5.74) is 0.830. The minimum absolute atomic E-state index is 0.0814. The van der Waals surface area contributed by atoms with E-state index in [9.17, 15) is 35.5 Å². The predicted molar refractivity (Wildman–Crippen MR) is 123 cm³/mol. The highest BCUT2D eigenvalue weighted by atomic mass is 19.2. The molecule has 0 fully saturated rings. The summed E-state index contributed by atoms with van der Waals surface area (Å²) >= 11 is 0. The molecular formula is C28H15F7O2. The summed E-state index contributed by atoms with van der Waals surface area (Å²) in [5, 5.41) is 0. The summed E-state index contributed by atoms with van der Waals surface area (Å²) in [4.78, 5) is 12.2. The van der Waals surface area contributed by atoms with E-state index >= 15 is 0 Å². The molecule has 4 aromatic rings. The highest BCUT2D eigenvalue weighted by molar-refractivity contribution is 5.92. The van der Waals surface area contributed by atoms with Crippen molar-refractivity contribution in [3.05, 3.63) is 119 Å². The molecule has 0 atom stereocenters. The van der Waals surface area contributed by atoms with E-state index in [0.29, 0.717) is 28.8 Å². The van der Waals surface area contributed by atoms with E-state index in [1.165, 1.54) is 12.1 Å². The van der Waals surface area contributed by atoms with Crippen LogP contribution in [0.1, 0.15) is 22.8 Å². The molecule has 4 rings (SSSR count). The molecular weight excluding hydrogens is 501 g/mol. The van der Waals surface area contributed by atoms with Gasteiger partial charge in [-0.25, -0.2) is 35.5 Å². The number of halogens is 7. The van der Waals surface area contributed by atoms with Gasteiger partial charge in [-0.2, -0.15) is 0 Å². The minimum atomic E-state index is -1.79. The van der Waals surface area contributed by atoms with Gasteiger partial charge in [0.05, 0.1) is 0 Å². The Hall–Kier alpha value is -4.40. The molecule has 0 aliphatic carbocycles. The maximum atomic E-state index is 14.7. The maximum absolute atomic E-state index is 14.7. The zero-order valence-electron chi connectivity index (χ0n) is 18.9. The second-order valence-corrected chi connectivity index (χ2v) is 7.91. The largest absolute Gasteiger partial charge is 0.423 e. The van der Waals surface area contributed by atoms with Gasteiger partial charge in [-0.05, 0) is 41.3 Å². The van der Waals surface area contributed by atoms with Crippen molar-refractivity contribution in [1.29, 1.82) is 0 Å². The van der Waals surface area contributed by atoms with Crippen molar-refractivity contribution < 1.29 is 40.3 Å². The topological polar surface area (TPSA) is 26.3 Å². The summed E-state index contributed by atoms with van der Waals surface area (Å²) in [5.74, 6) is -11.9. The van der Waals surface area contributed by atoms with Crippen LogP contribution in [0.5, 0.6) is 5.75 Å². The first-order valence-electron chi connectivity index (χ1n) is 10.6. The number of esters is 1. The van der Waals surface area contributed by atoms with Gasteiger partial charge < -0.3 is 4.74 Å². The third-order valence-corrected chi connectivity index (χ3v) is 5.41. The van der Waals surface area contributed by atoms with E-state index in [4.69, 9.17) is 0 Å². The van der Waals surface area contributed by atoms with Gasteiger partial charge in [0.15, 0.2) is 23.3 Å². The molecule has 0 radical (unpaired) electrons. The number of benzene rings is 4. The fourth-order valence-electron chi connectivity index (χ4n) is 3.55. The van der Waals surface area contributed by atoms with Crippen molar-refractivity contribution >= 4 is 11.8 Å². The first-order chi connectivity index (χ1) is 17.5. The fraction of sp³-hybridized carbons (Fsp3) is 0.0357. The van der Waals surface area contributed by atoms with Crippen molar-refractivity contribution in [3.63, 3.8) is 0 Å². The van der Waals surface area contributed by atoms with Crippen LogP contribution in [0.3, 0.4) is 0 Å². The lowest BCUT2D eigenvalue weighted by molar-refractivity contribution is 0.0723. The number of allylic oxidation sites excluding steroid dienone is 1. The Morgan fingerprint density at radius 1 is 0.622 bits per heavy atom. The van der Waals surface area contributed by atoms with E-state index in [1.807, 2.05) is 0 Å². The smallest absolute Gasteiger partial charge is 0.349 e. The lowest BCUT2D eigenvalue weighted by Gasteiger charge is -2.10. The molecule has 0 unspecified atom stereocenters. The number of ether oxygens (including phenoxy) is 1. The van der Waals surface area contributed by atoms with Crippen LogP contribution >= 0.6 is 0 Å². The van der Waals surface area contributed by atoms with Crippen LogP contribution in [0.25, 0.3) is 28.1 Å². The van der Waals surface area contributed by atoms with E-state index in [0.717, 1.165) is 19.1 Å². The predicted octanol–water partition coefficient (Wildman–Crippen LogP) is 8.56. The average molecular weight is 516 g/mol. The van der Waals surface area contributed by atoms with Crippen molar-refractivity contribution in [1.82, 2.24) is 0 Å². The van der Waals surface area contributed by atoms with Crippen molar-refractivity contribution in [3.8, 4) is 28.0 Å². The van der Waals surface area contributed by atoms with Crippen molar-refractivity contribution in [2.75, 3.05) is 0 Å². The Kier molecular flexibility index (Phi) is 7.15. The molecule has 0 saturated carbocycles. The monoisotopic (exact) mass is 516 g/mol. The molecule has 0 aromatic heterocycles. The highest BCUT2D eigenvalue weighted by Gasteiger charge is 2.23. The molecule has 0 amide bonds. The number of hydrogen-bond acceptors (Lipinski definition) is 2. The molecule has 0 heterocycles. The summed E-state index contributed by atoms with van der Waals surface area (Å²) in [7, 11) is 0. The van der Waals surface area contributed by atoms with Gasteiger partial charge in [-0.3, -0.25) is 0 Å². The maximum Gasteiger partial charge on any atom is 0.349 e. The Morgan fingerprint density at radius 3 is 1.51 bits per heavy atom. The van der Waals surface area contributed by atoms with Gasteiger partial charge in [-0.15, -0.1) is 0 Å². The van der Waals surface area contributed by atoms with Crippen LogP contribution in [0.15, 0.2) is 78.6 Å². The summed E-state index contributed by atoms with van der Waals surface area (Å²) in [6, 6.07) is 14.9. The average Bonchev–Trinajstić information content (AvgIpc) is 2.86. The Balaban J connectivity index is 1.56. The number of carbonyl (C=O) groups excluding carboxylic acids is 1. The van der Waals surface area contributed by atoms with E-state index < -0.39 is 58.0 Å². The molecule has 0 N–H and O–H groups in total. The Labute approximate surface area is 206 Å². The van der Waals surface area contributed by atoms with Gasteiger partial charge in [0.2, 0.25) is 0 Å². The molecule has 37 heavy (non-hydrogen) atoms. The van der Waals surface area contributed by atoms with Crippen LogP contribution in [0.2, 0.25) is 0 Å². The molecule has 188 valence electrons. The number of hydrogen-bond donors (Lipinski definition) is 0. The summed E-state index contributed by atoms with van der Waals surface area (Å²) in [6.45, 7) is 1.01. The molecule has 9 heteroatoms. The lowest BCUT2D eigenvalue weighted by atomic mass is 9.98. The number of rotatable bonds is 5. The molecule has 0 spiro atoms. The van der Waals surface area contributed by atoms with Crippen LogP contribution in [-0.4, -0.2) is 5.97 Å². The van der Waals surface area contributed by atoms with Gasteiger partial charge in [0, 0.05) is 17.7 Å². The standard InChI is InChI=1S/C28H15F7O2/c1-14(29)26(34)18-8-6-16(7-9-18)15-2-4-17(5-3-15)19-10-21(30)25(22(31)11-19)28(36)37-20-12-23(32)27(35)24(33)13-20/h2-13H,1H3/b26-14+. The molecule has 0 aliphatic heterocycles. The van der Waals surface area contributed by atoms with E-state index in [2.05, 4.69) is 4.74 Å². The fourth-order valence-corrected chi connectivity index (χ4v) is 3.55. The first kappa shape index (κ1) is 25.7. The van der Waals surface area contributed by atoms with E-state index in [-0.39, 0.29) is 11.1 Å². The Bertz CT molecular complexity index is 1480. The van der Waals surface area contributed by atoms with Crippen LogP contribution in [0, 0.1) is 29.1 Å². The molecule has 0 aliphatic rings. The SMILES string of the molecule is C/C(F)=C(\F)c1ccc(-c2ccc(-c3cc(F)c(C(=O)Oc4cc(F)c(F)c(F)c4)c(F)c3)cc2)cc1. The molecule has 0 saturated heterocycles. The van der Waals surface area contributed by atoms with Gasteiger partial charge in [0.1, 0.15) is 28.8 Å². The molecule has 0 bridgehead atoms. The second-order valence-electron chi connectivity index (χ2n) is 7.91. The van der Waals surface area contributed by atoms with Gasteiger partial charge >= 0.3 is 5.97 Å². The highest BCUT2D eigenvalue weighted by Crippen LogP contribution is 2.30. The zero-order chi connectivity index (χ0) is 26.9. The minimum Gasteiger partial charge on any atom is -0.423 e. The lowest BCUT2D eigenvalue weighted by Crippen LogP contribution is -2.14. The van der Waals surface area contributed by atoms with Crippen molar-refractivity contribution in [2.24, 2.45) is 0 Å². The van der Waals surface area contributed by atoms with Crippen LogP contribution in [0.4, 0.5) is 30.7 Å². The third-order valence-electron chi connectivity index (χ3n) is 5.41. The van der Waals surface area contributed by atoms with Crippen LogP contribution < -0.4 is 4.74 Å². The first-order valence-corrected chi connectivity index (χ1v) is 10.6. The normalized spacial score (nSPS) is 11.8.